The van der Waals surface area contributed by atoms with Crippen molar-refractivity contribution in [1.29, 1.82) is 0 Å². The highest BCUT2D eigenvalue weighted by atomic mass is 16.6. The number of piperidine rings is 1. The lowest BCUT2D eigenvalue weighted by Crippen LogP contribution is -2.76. The average molecular weight is 508 g/mol. The largest absolute Gasteiger partial charge is 0.462 e. The van der Waals surface area contributed by atoms with Gasteiger partial charge in [-0.15, -0.1) is 0 Å². The SMILES string of the molecule is COC[C@@]12CC[C@H](O)[C@]34C([C@H]([C@H](OC)[C@H]13)[C@@]1(OC(C)=O)C[C@H](OC)[C@H]3C[C@@H]4[C@@H]1[C@H]3OC(C)=O)N(C)C2. The third kappa shape index (κ3) is 2.74. The van der Waals surface area contributed by atoms with Gasteiger partial charge in [0.05, 0.1) is 24.9 Å². The topological polar surface area (TPSA) is 104 Å². The number of fused-ring (bicyclic) bond motifs is 2. The molecule has 1 spiro atoms. The van der Waals surface area contributed by atoms with Crippen LogP contribution in [-0.2, 0) is 33.3 Å². The molecule has 5 aliphatic carbocycles. The highest BCUT2D eigenvalue weighted by Gasteiger charge is 2.87. The Labute approximate surface area is 213 Å². The molecule has 1 heterocycles. The summed E-state index contributed by atoms with van der Waals surface area (Å²) in [6.45, 7) is 4.34. The number of esters is 2. The Hall–Kier alpha value is -1.26. The number of hydrogen-bond acceptors (Lipinski definition) is 9. The molecule has 6 aliphatic rings. The van der Waals surface area contributed by atoms with E-state index in [2.05, 4.69) is 11.9 Å². The highest BCUT2D eigenvalue weighted by Crippen LogP contribution is 2.79. The fraction of sp³-hybridized carbons (Fsp3) is 0.926. The number of likely N-dealkylation sites (tertiary alicyclic amines) is 1. The van der Waals surface area contributed by atoms with E-state index in [0.717, 1.165) is 19.4 Å². The Bertz CT molecular complexity index is 945. The number of carbonyl (C=O) groups excluding carboxylic acids is 2. The predicted molar refractivity (Wildman–Crippen MR) is 127 cm³/mol. The molecule has 7 bridgehead atoms. The number of carbonyl (C=O) groups is 2. The second kappa shape index (κ2) is 8.12. The molecule has 9 nitrogen and oxygen atoms in total. The maximum Gasteiger partial charge on any atom is 0.303 e. The third-order valence-corrected chi connectivity index (χ3v) is 11.4. The zero-order valence-electron chi connectivity index (χ0n) is 22.3. The summed E-state index contributed by atoms with van der Waals surface area (Å²) in [6, 6.07) is -0.0272. The first-order valence-corrected chi connectivity index (χ1v) is 13.4. The molecule has 0 aromatic carbocycles. The molecule has 1 N–H and O–H groups in total. The monoisotopic (exact) mass is 507 g/mol. The third-order valence-electron chi connectivity index (χ3n) is 11.4. The molecule has 6 fully saturated rings. The molecule has 6 rings (SSSR count). The molecular formula is C27H41NO8. The van der Waals surface area contributed by atoms with Crippen molar-refractivity contribution >= 4 is 11.9 Å². The quantitative estimate of drug-likeness (QED) is 0.532. The van der Waals surface area contributed by atoms with E-state index in [1.165, 1.54) is 13.8 Å². The van der Waals surface area contributed by atoms with Crippen molar-refractivity contribution in [1.82, 2.24) is 4.90 Å². The van der Waals surface area contributed by atoms with E-state index < -0.39 is 23.2 Å². The van der Waals surface area contributed by atoms with Gasteiger partial charge >= 0.3 is 11.9 Å². The second-order valence-corrected chi connectivity index (χ2v) is 12.5. The fourth-order valence-corrected chi connectivity index (χ4v) is 11.3. The highest BCUT2D eigenvalue weighted by molar-refractivity contribution is 5.68. The van der Waals surface area contributed by atoms with Crippen LogP contribution in [0.4, 0.5) is 0 Å². The van der Waals surface area contributed by atoms with Crippen LogP contribution in [-0.4, -0.2) is 99.5 Å². The molecule has 13 atom stereocenters. The van der Waals surface area contributed by atoms with Crippen LogP contribution < -0.4 is 0 Å². The number of ether oxygens (including phenoxy) is 5. The van der Waals surface area contributed by atoms with E-state index in [-0.39, 0.29) is 65.2 Å². The van der Waals surface area contributed by atoms with Crippen LogP contribution in [0.3, 0.4) is 0 Å². The minimum Gasteiger partial charge on any atom is -0.462 e. The smallest absolute Gasteiger partial charge is 0.303 e. The van der Waals surface area contributed by atoms with Gasteiger partial charge in [0.1, 0.15) is 11.7 Å². The summed E-state index contributed by atoms with van der Waals surface area (Å²) >= 11 is 0. The zero-order chi connectivity index (χ0) is 25.8. The summed E-state index contributed by atoms with van der Waals surface area (Å²) in [5.74, 6) is -1.07. The molecule has 9 heteroatoms. The maximum atomic E-state index is 12.8. The number of hydrogen-bond donors (Lipinski definition) is 1. The van der Waals surface area contributed by atoms with Gasteiger partial charge in [0.25, 0.3) is 0 Å². The first kappa shape index (κ1) is 25.0. The van der Waals surface area contributed by atoms with Gasteiger partial charge in [-0.05, 0) is 32.2 Å². The molecular weight excluding hydrogens is 466 g/mol. The first-order valence-electron chi connectivity index (χ1n) is 13.4. The lowest BCUT2D eigenvalue weighted by molar-refractivity contribution is -0.276. The standard InChI is InChI=1S/C27H41NO8/c1-13(29)35-21-15-9-16-19(21)26(36-14(2)30,10-17(15)33-5)20-22(34-6)23-25(12-32-4)8-7-18(31)27(16,23)24(20)28(3)11-25/h15-24,31H,7-12H2,1-6H3/t15-,16-,17+,18+,19-,20+,21+,22+,23-,24?,25+,26-,27+/m1/s1. The van der Waals surface area contributed by atoms with E-state index in [0.29, 0.717) is 19.4 Å². The number of aliphatic hydroxyl groups is 1. The molecule has 0 aromatic heterocycles. The Morgan fingerprint density at radius 2 is 1.81 bits per heavy atom. The summed E-state index contributed by atoms with van der Waals surface area (Å²) < 4.78 is 30.9. The Morgan fingerprint density at radius 3 is 2.42 bits per heavy atom. The number of rotatable bonds is 6. The molecule has 0 radical (unpaired) electrons. The Morgan fingerprint density at radius 1 is 1.06 bits per heavy atom. The van der Waals surface area contributed by atoms with Crippen molar-refractivity contribution < 1.29 is 38.4 Å². The summed E-state index contributed by atoms with van der Waals surface area (Å²) in [4.78, 5) is 27.6. The van der Waals surface area contributed by atoms with E-state index >= 15 is 0 Å². The van der Waals surface area contributed by atoms with Gasteiger partial charge in [-0.2, -0.15) is 0 Å². The molecule has 0 aromatic rings. The molecule has 5 saturated carbocycles. The van der Waals surface area contributed by atoms with Gasteiger partial charge in [0.2, 0.25) is 0 Å². The van der Waals surface area contributed by atoms with Crippen molar-refractivity contribution in [2.24, 2.45) is 40.4 Å². The van der Waals surface area contributed by atoms with Gasteiger partial charge in [0.15, 0.2) is 0 Å². The van der Waals surface area contributed by atoms with Crippen LogP contribution in [0.15, 0.2) is 0 Å². The molecule has 202 valence electrons. The van der Waals surface area contributed by atoms with Crippen LogP contribution in [0, 0.1) is 40.4 Å². The maximum absolute atomic E-state index is 12.8. The van der Waals surface area contributed by atoms with E-state index in [9.17, 15) is 14.7 Å². The molecule has 1 saturated heterocycles. The normalized spacial score (nSPS) is 54.3. The zero-order valence-corrected chi connectivity index (χ0v) is 22.3. The second-order valence-electron chi connectivity index (χ2n) is 12.5. The summed E-state index contributed by atoms with van der Waals surface area (Å²) in [7, 11) is 7.33. The first-order chi connectivity index (χ1) is 17.1. The van der Waals surface area contributed by atoms with Crippen LogP contribution >= 0.6 is 0 Å². The fourth-order valence-electron chi connectivity index (χ4n) is 11.3. The lowest BCUT2D eigenvalue weighted by Gasteiger charge is -2.68. The van der Waals surface area contributed by atoms with Gasteiger partial charge < -0.3 is 33.7 Å². The minimum atomic E-state index is -0.921. The van der Waals surface area contributed by atoms with Crippen LogP contribution in [0.5, 0.6) is 0 Å². The Kier molecular flexibility index (Phi) is 5.65. The van der Waals surface area contributed by atoms with Gasteiger partial charge in [-0.1, -0.05) is 0 Å². The van der Waals surface area contributed by atoms with Crippen molar-refractivity contribution in [2.75, 3.05) is 41.5 Å². The van der Waals surface area contributed by atoms with Crippen LogP contribution in [0.1, 0.15) is 39.5 Å². The summed E-state index contributed by atoms with van der Waals surface area (Å²) in [5, 5.41) is 12.0. The van der Waals surface area contributed by atoms with Crippen LogP contribution in [0.25, 0.3) is 0 Å². The van der Waals surface area contributed by atoms with E-state index in [1.54, 1.807) is 21.3 Å². The molecule has 36 heavy (non-hydrogen) atoms. The minimum absolute atomic E-state index is 0.00738. The van der Waals surface area contributed by atoms with Crippen molar-refractivity contribution in [2.45, 2.75) is 75.6 Å². The van der Waals surface area contributed by atoms with E-state index in [4.69, 9.17) is 23.7 Å². The van der Waals surface area contributed by atoms with Gasteiger partial charge in [-0.3, -0.25) is 9.59 Å². The van der Waals surface area contributed by atoms with Gasteiger partial charge in [-0.25, -0.2) is 0 Å². The van der Waals surface area contributed by atoms with Gasteiger partial charge in [0, 0.05) is 88.7 Å². The number of nitrogens with zero attached hydrogens (tertiary/aromatic N) is 1. The number of methoxy groups -OCH3 is 3. The van der Waals surface area contributed by atoms with Crippen molar-refractivity contribution in [3.8, 4) is 0 Å². The van der Waals surface area contributed by atoms with Crippen molar-refractivity contribution in [3.05, 3.63) is 0 Å². The molecule has 0 amide bonds. The summed E-state index contributed by atoms with van der Waals surface area (Å²) in [5.41, 5.74) is -1.57. The lowest BCUT2D eigenvalue weighted by atomic mass is 9.43. The average Bonchev–Trinajstić information content (AvgIpc) is 3.24. The Balaban J connectivity index is 1.64. The summed E-state index contributed by atoms with van der Waals surface area (Å²) in [6.07, 6.45) is 1.44. The predicted octanol–water partition coefficient (Wildman–Crippen LogP) is 1.25. The molecule has 1 aliphatic heterocycles. The van der Waals surface area contributed by atoms with E-state index in [1.807, 2.05) is 0 Å². The number of aliphatic hydroxyl groups excluding tert-OH is 1. The molecule has 1 unspecified atom stereocenters. The van der Waals surface area contributed by atoms with Crippen molar-refractivity contribution in [3.63, 3.8) is 0 Å². The van der Waals surface area contributed by atoms with Crippen LogP contribution in [0.2, 0.25) is 0 Å².